The number of nitrogens with one attached hydrogen (secondary N) is 1. The fourth-order valence-corrected chi connectivity index (χ4v) is 1.69. The number of ether oxygens (including phenoxy) is 1. The van der Waals surface area contributed by atoms with E-state index in [-0.39, 0.29) is 11.2 Å². The summed E-state index contributed by atoms with van der Waals surface area (Å²) < 4.78 is 5.51. The standard InChI is InChI=1S/C10H12Cl2N2OS/c1-5(2)15-9-4-8(14-10(13)16)6(11)3-7(9)12/h3-5H,1-2H3,(H3,13,14,16). The number of benzene rings is 1. The predicted molar refractivity (Wildman–Crippen MR) is 72.6 cm³/mol. The van der Waals surface area contributed by atoms with E-state index in [1.165, 1.54) is 0 Å². The lowest BCUT2D eigenvalue weighted by Gasteiger charge is -2.14. The molecule has 6 heteroatoms. The Morgan fingerprint density at radius 1 is 1.38 bits per heavy atom. The Kier molecular flexibility index (Phi) is 4.65. The molecule has 0 saturated carbocycles. The Hall–Kier alpha value is -0.710. The van der Waals surface area contributed by atoms with Gasteiger partial charge < -0.3 is 15.8 Å². The number of halogens is 2. The van der Waals surface area contributed by atoms with Gasteiger partial charge in [0, 0.05) is 6.07 Å². The molecular formula is C10H12Cl2N2OS. The van der Waals surface area contributed by atoms with Crippen molar-refractivity contribution in [3.05, 3.63) is 22.2 Å². The fraction of sp³-hybridized carbons (Fsp3) is 0.300. The van der Waals surface area contributed by atoms with Crippen molar-refractivity contribution in [2.45, 2.75) is 20.0 Å². The van der Waals surface area contributed by atoms with Crippen molar-refractivity contribution in [2.24, 2.45) is 5.73 Å². The molecule has 0 radical (unpaired) electrons. The van der Waals surface area contributed by atoms with Gasteiger partial charge in [0.1, 0.15) is 5.75 Å². The average molecular weight is 279 g/mol. The highest BCUT2D eigenvalue weighted by molar-refractivity contribution is 7.80. The lowest BCUT2D eigenvalue weighted by Crippen LogP contribution is -2.19. The Morgan fingerprint density at radius 3 is 2.50 bits per heavy atom. The maximum Gasteiger partial charge on any atom is 0.168 e. The molecule has 0 aliphatic carbocycles. The minimum absolute atomic E-state index is 0.0244. The van der Waals surface area contributed by atoms with Crippen molar-refractivity contribution in [2.75, 3.05) is 5.32 Å². The van der Waals surface area contributed by atoms with Crippen molar-refractivity contribution in [1.29, 1.82) is 0 Å². The number of thiocarbonyl (C=S) groups is 1. The summed E-state index contributed by atoms with van der Waals surface area (Å²) in [6.45, 7) is 3.82. The molecule has 0 saturated heterocycles. The maximum atomic E-state index is 5.98. The Bertz CT molecular complexity index is 410. The van der Waals surface area contributed by atoms with E-state index in [1.54, 1.807) is 12.1 Å². The third-order valence-electron chi connectivity index (χ3n) is 1.64. The van der Waals surface area contributed by atoms with Crippen molar-refractivity contribution >= 4 is 46.2 Å². The number of rotatable bonds is 3. The van der Waals surface area contributed by atoms with Gasteiger partial charge in [0.15, 0.2) is 5.11 Å². The molecule has 0 atom stereocenters. The molecule has 0 aliphatic rings. The van der Waals surface area contributed by atoms with Crippen LogP contribution >= 0.6 is 35.4 Å². The molecule has 0 heterocycles. The van der Waals surface area contributed by atoms with E-state index in [9.17, 15) is 0 Å². The van der Waals surface area contributed by atoms with Crippen LogP contribution in [0, 0.1) is 0 Å². The second-order valence-corrected chi connectivity index (χ2v) is 4.67. The summed E-state index contributed by atoms with van der Waals surface area (Å²) in [4.78, 5) is 0. The molecule has 0 spiro atoms. The summed E-state index contributed by atoms with van der Waals surface area (Å²) in [7, 11) is 0. The first-order valence-corrected chi connectivity index (χ1v) is 5.78. The van der Waals surface area contributed by atoms with Gasteiger partial charge in [-0.2, -0.15) is 0 Å². The quantitative estimate of drug-likeness (QED) is 0.832. The smallest absolute Gasteiger partial charge is 0.168 e. The van der Waals surface area contributed by atoms with Gasteiger partial charge in [-0.15, -0.1) is 0 Å². The molecule has 0 fully saturated rings. The van der Waals surface area contributed by atoms with E-state index in [0.717, 1.165) is 0 Å². The largest absolute Gasteiger partial charge is 0.489 e. The summed E-state index contributed by atoms with van der Waals surface area (Å²) in [5.74, 6) is 0.541. The van der Waals surface area contributed by atoms with Crippen LogP contribution in [-0.4, -0.2) is 11.2 Å². The second-order valence-electron chi connectivity index (χ2n) is 3.42. The molecule has 1 rings (SSSR count). The monoisotopic (exact) mass is 278 g/mol. The average Bonchev–Trinajstić information content (AvgIpc) is 2.11. The summed E-state index contributed by atoms with van der Waals surface area (Å²) in [6.07, 6.45) is 0.0244. The van der Waals surface area contributed by atoms with Crippen molar-refractivity contribution < 1.29 is 4.74 Å². The van der Waals surface area contributed by atoms with E-state index >= 15 is 0 Å². The van der Waals surface area contributed by atoms with Crippen LogP contribution in [0.1, 0.15) is 13.8 Å². The van der Waals surface area contributed by atoms with E-state index in [4.69, 9.17) is 45.9 Å². The summed E-state index contributed by atoms with van der Waals surface area (Å²) in [6, 6.07) is 3.26. The van der Waals surface area contributed by atoms with Gasteiger partial charge in [-0.3, -0.25) is 0 Å². The minimum atomic E-state index is 0.0244. The SMILES string of the molecule is CC(C)Oc1cc(NC(N)=S)c(Cl)cc1Cl. The van der Waals surface area contributed by atoms with Crippen LogP contribution in [0.2, 0.25) is 10.0 Å². The van der Waals surface area contributed by atoms with Crippen LogP contribution in [0.5, 0.6) is 5.75 Å². The van der Waals surface area contributed by atoms with Crippen molar-refractivity contribution in [1.82, 2.24) is 0 Å². The third kappa shape index (κ3) is 3.70. The van der Waals surface area contributed by atoms with Crippen LogP contribution < -0.4 is 15.8 Å². The van der Waals surface area contributed by atoms with Gasteiger partial charge in [0.2, 0.25) is 0 Å². The van der Waals surface area contributed by atoms with E-state index in [1.807, 2.05) is 13.8 Å². The van der Waals surface area contributed by atoms with Gasteiger partial charge in [-0.05, 0) is 32.1 Å². The molecular weight excluding hydrogens is 267 g/mol. The Labute approximate surface area is 110 Å². The Morgan fingerprint density at radius 2 is 2.00 bits per heavy atom. The molecule has 0 bridgehead atoms. The van der Waals surface area contributed by atoms with Crippen LogP contribution in [0.4, 0.5) is 5.69 Å². The van der Waals surface area contributed by atoms with Crippen molar-refractivity contribution in [3.63, 3.8) is 0 Å². The van der Waals surface area contributed by atoms with E-state index in [2.05, 4.69) is 5.32 Å². The lowest BCUT2D eigenvalue weighted by atomic mass is 10.3. The highest BCUT2D eigenvalue weighted by Gasteiger charge is 2.10. The van der Waals surface area contributed by atoms with Gasteiger partial charge in [-0.1, -0.05) is 23.2 Å². The highest BCUT2D eigenvalue weighted by atomic mass is 35.5. The predicted octanol–water partition coefficient (Wildman–Crippen LogP) is 3.44. The Balaban J connectivity index is 3.05. The van der Waals surface area contributed by atoms with Crippen LogP contribution in [0.15, 0.2) is 12.1 Å². The third-order valence-corrected chi connectivity index (χ3v) is 2.35. The molecule has 1 aromatic carbocycles. The fourth-order valence-electron chi connectivity index (χ4n) is 1.10. The van der Waals surface area contributed by atoms with Crippen LogP contribution in [-0.2, 0) is 0 Å². The summed E-state index contributed by atoms with van der Waals surface area (Å²) in [5, 5.41) is 3.78. The van der Waals surface area contributed by atoms with Crippen LogP contribution in [0.25, 0.3) is 0 Å². The molecule has 3 N–H and O–H groups in total. The van der Waals surface area contributed by atoms with E-state index in [0.29, 0.717) is 21.5 Å². The zero-order valence-electron chi connectivity index (χ0n) is 8.88. The molecule has 0 aliphatic heterocycles. The number of nitrogens with two attached hydrogens (primary N) is 1. The molecule has 16 heavy (non-hydrogen) atoms. The molecule has 1 aromatic rings. The zero-order valence-corrected chi connectivity index (χ0v) is 11.2. The molecule has 88 valence electrons. The normalized spacial score (nSPS) is 10.3. The van der Waals surface area contributed by atoms with E-state index < -0.39 is 0 Å². The highest BCUT2D eigenvalue weighted by Crippen LogP contribution is 2.34. The molecule has 3 nitrogen and oxygen atoms in total. The number of hydrogen-bond acceptors (Lipinski definition) is 2. The van der Waals surface area contributed by atoms with Gasteiger partial charge >= 0.3 is 0 Å². The minimum Gasteiger partial charge on any atom is -0.489 e. The topological polar surface area (TPSA) is 47.3 Å². The number of hydrogen-bond donors (Lipinski definition) is 2. The van der Waals surface area contributed by atoms with Crippen molar-refractivity contribution in [3.8, 4) is 5.75 Å². The second kappa shape index (κ2) is 5.57. The first-order chi connectivity index (χ1) is 7.40. The zero-order chi connectivity index (χ0) is 12.3. The van der Waals surface area contributed by atoms with Gasteiger partial charge in [0.25, 0.3) is 0 Å². The first kappa shape index (κ1) is 13.4. The van der Waals surface area contributed by atoms with Gasteiger partial charge in [-0.25, -0.2) is 0 Å². The molecule has 0 aromatic heterocycles. The molecule has 0 amide bonds. The summed E-state index contributed by atoms with van der Waals surface area (Å²) >= 11 is 16.7. The number of anilines is 1. The lowest BCUT2D eigenvalue weighted by molar-refractivity contribution is 0.243. The van der Waals surface area contributed by atoms with Gasteiger partial charge in [0.05, 0.1) is 21.8 Å². The maximum absolute atomic E-state index is 5.98. The first-order valence-electron chi connectivity index (χ1n) is 4.62. The summed E-state index contributed by atoms with van der Waals surface area (Å²) in [5.41, 5.74) is 5.95. The van der Waals surface area contributed by atoms with Crippen LogP contribution in [0.3, 0.4) is 0 Å². The molecule has 0 unspecified atom stereocenters.